The Bertz CT molecular complexity index is 1050. The lowest BCUT2D eigenvalue weighted by atomic mass is 10.1. The summed E-state index contributed by atoms with van der Waals surface area (Å²) in [5.41, 5.74) is 1.21. The molecule has 1 atom stereocenters. The Balaban J connectivity index is 1.42. The molecule has 10 heteroatoms. The van der Waals surface area contributed by atoms with E-state index in [2.05, 4.69) is 21.9 Å². The molecule has 0 spiro atoms. The first kappa shape index (κ1) is 21.3. The van der Waals surface area contributed by atoms with E-state index in [1.807, 2.05) is 28.4 Å². The Labute approximate surface area is 183 Å². The van der Waals surface area contributed by atoms with Crippen molar-refractivity contribution >= 4 is 27.7 Å². The normalized spacial score (nSPS) is 22.2. The van der Waals surface area contributed by atoms with Crippen molar-refractivity contribution in [2.75, 3.05) is 49.7 Å². The van der Waals surface area contributed by atoms with Gasteiger partial charge in [-0.05, 0) is 49.3 Å². The zero-order chi connectivity index (χ0) is 21.3. The number of nitrogens with zero attached hydrogens (tertiary/aromatic N) is 5. The Morgan fingerprint density at radius 2 is 1.93 bits per heavy atom. The number of sulfone groups is 1. The Morgan fingerprint density at radius 3 is 2.60 bits per heavy atom. The molecule has 3 heterocycles. The molecule has 8 nitrogen and oxygen atoms in total. The van der Waals surface area contributed by atoms with Crippen molar-refractivity contribution in [3.63, 3.8) is 0 Å². The average molecular weight is 452 g/mol. The molecule has 0 bridgehead atoms. The van der Waals surface area contributed by atoms with E-state index in [1.165, 1.54) is 5.69 Å². The van der Waals surface area contributed by atoms with Gasteiger partial charge in [0.1, 0.15) is 11.6 Å². The van der Waals surface area contributed by atoms with Crippen LogP contribution >= 0.6 is 12.2 Å². The van der Waals surface area contributed by atoms with Gasteiger partial charge in [-0.25, -0.2) is 13.1 Å². The summed E-state index contributed by atoms with van der Waals surface area (Å²) in [4.78, 5) is 4.76. The second-order valence-electron chi connectivity index (χ2n) is 8.10. The van der Waals surface area contributed by atoms with Gasteiger partial charge in [0.05, 0.1) is 25.3 Å². The van der Waals surface area contributed by atoms with Gasteiger partial charge in [-0.3, -0.25) is 4.90 Å². The summed E-state index contributed by atoms with van der Waals surface area (Å²) >= 11 is 5.60. The van der Waals surface area contributed by atoms with Crippen molar-refractivity contribution in [2.45, 2.75) is 25.4 Å². The van der Waals surface area contributed by atoms with Crippen molar-refractivity contribution in [3.8, 4) is 5.75 Å². The SMILES string of the molecule is COc1ccc(N2CCCN(Cn3nc(C4CCS(=O)(=O)C4)n(C)c3=S)CC2)cc1. The Morgan fingerprint density at radius 1 is 1.17 bits per heavy atom. The molecule has 0 saturated carbocycles. The number of rotatable bonds is 5. The molecule has 2 fully saturated rings. The molecule has 30 heavy (non-hydrogen) atoms. The fourth-order valence-corrected chi connectivity index (χ4v) is 6.24. The minimum atomic E-state index is -2.95. The van der Waals surface area contributed by atoms with Gasteiger partial charge in [-0.2, -0.15) is 5.10 Å². The van der Waals surface area contributed by atoms with Crippen LogP contribution in [0, 0.1) is 4.77 Å². The second-order valence-corrected chi connectivity index (χ2v) is 10.7. The van der Waals surface area contributed by atoms with Crippen LogP contribution in [0.3, 0.4) is 0 Å². The predicted molar refractivity (Wildman–Crippen MR) is 119 cm³/mol. The molecule has 0 radical (unpaired) electrons. The van der Waals surface area contributed by atoms with E-state index >= 15 is 0 Å². The molecule has 1 unspecified atom stereocenters. The number of ether oxygens (including phenoxy) is 1. The molecule has 2 saturated heterocycles. The van der Waals surface area contributed by atoms with Crippen LogP contribution in [-0.2, 0) is 23.6 Å². The highest BCUT2D eigenvalue weighted by Gasteiger charge is 2.32. The molecule has 1 aromatic heterocycles. The number of benzene rings is 1. The number of anilines is 1. The average Bonchev–Trinajstić information content (AvgIpc) is 3.11. The summed E-state index contributed by atoms with van der Waals surface area (Å²) in [6, 6.07) is 8.20. The number of aromatic nitrogens is 3. The summed E-state index contributed by atoms with van der Waals surface area (Å²) < 4.78 is 33.4. The zero-order valence-electron chi connectivity index (χ0n) is 17.5. The van der Waals surface area contributed by atoms with Gasteiger partial charge >= 0.3 is 0 Å². The van der Waals surface area contributed by atoms with Crippen LogP contribution in [0.5, 0.6) is 5.75 Å². The van der Waals surface area contributed by atoms with Crippen molar-refractivity contribution < 1.29 is 13.2 Å². The maximum Gasteiger partial charge on any atom is 0.198 e. The maximum atomic E-state index is 11.9. The first-order valence-corrected chi connectivity index (χ1v) is 12.5. The van der Waals surface area contributed by atoms with Gasteiger partial charge < -0.3 is 14.2 Å². The van der Waals surface area contributed by atoms with Gasteiger partial charge in [0.25, 0.3) is 0 Å². The van der Waals surface area contributed by atoms with Crippen LogP contribution in [0.2, 0.25) is 0 Å². The topological polar surface area (TPSA) is 72.6 Å². The van der Waals surface area contributed by atoms with Crippen molar-refractivity contribution in [2.24, 2.45) is 7.05 Å². The summed E-state index contributed by atoms with van der Waals surface area (Å²) in [6.45, 7) is 4.44. The summed E-state index contributed by atoms with van der Waals surface area (Å²) in [7, 11) is 0.615. The van der Waals surface area contributed by atoms with E-state index in [9.17, 15) is 8.42 Å². The lowest BCUT2D eigenvalue weighted by Gasteiger charge is -2.23. The number of hydrogen-bond donors (Lipinski definition) is 0. The molecule has 2 aliphatic rings. The fourth-order valence-electron chi connectivity index (χ4n) is 4.30. The fraction of sp³-hybridized carbons (Fsp3) is 0.600. The smallest absolute Gasteiger partial charge is 0.198 e. The monoisotopic (exact) mass is 451 g/mol. The van der Waals surface area contributed by atoms with E-state index in [-0.39, 0.29) is 17.4 Å². The predicted octanol–water partition coefficient (Wildman–Crippen LogP) is 2.03. The second kappa shape index (κ2) is 8.68. The third-order valence-electron chi connectivity index (χ3n) is 6.03. The highest BCUT2D eigenvalue weighted by molar-refractivity contribution is 7.91. The molecule has 0 N–H and O–H groups in total. The van der Waals surface area contributed by atoms with Gasteiger partial charge in [-0.15, -0.1) is 0 Å². The van der Waals surface area contributed by atoms with Gasteiger partial charge in [0.2, 0.25) is 0 Å². The van der Waals surface area contributed by atoms with Crippen LogP contribution in [0.1, 0.15) is 24.6 Å². The van der Waals surface area contributed by atoms with E-state index in [4.69, 9.17) is 22.1 Å². The number of methoxy groups -OCH3 is 1. The highest BCUT2D eigenvalue weighted by atomic mass is 32.2. The lowest BCUT2D eigenvalue weighted by Crippen LogP contribution is -2.32. The molecular weight excluding hydrogens is 422 g/mol. The van der Waals surface area contributed by atoms with Crippen LogP contribution in [-0.4, -0.2) is 72.5 Å². The summed E-state index contributed by atoms with van der Waals surface area (Å²) in [5.74, 6) is 2.01. The van der Waals surface area contributed by atoms with Crippen LogP contribution < -0.4 is 9.64 Å². The largest absolute Gasteiger partial charge is 0.497 e. The lowest BCUT2D eigenvalue weighted by molar-refractivity contribution is 0.219. The minimum absolute atomic E-state index is 0.0577. The quantitative estimate of drug-likeness (QED) is 0.644. The zero-order valence-corrected chi connectivity index (χ0v) is 19.2. The van der Waals surface area contributed by atoms with E-state index < -0.39 is 9.84 Å². The van der Waals surface area contributed by atoms with E-state index in [0.29, 0.717) is 17.9 Å². The third kappa shape index (κ3) is 4.55. The van der Waals surface area contributed by atoms with Crippen LogP contribution in [0.4, 0.5) is 5.69 Å². The van der Waals surface area contributed by atoms with Crippen LogP contribution in [0.25, 0.3) is 0 Å². The van der Waals surface area contributed by atoms with E-state index in [0.717, 1.165) is 44.2 Å². The van der Waals surface area contributed by atoms with E-state index in [1.54, 1.807) is 7.11 Å². The number of hydrogen-bond acceptors (Lipinski definition) is 7. The Hall–Kier alpha value is -1.91. The van der Waals surface area contributed by atoms with Crippen molar-refractivity contribution in [1.82, 2.24) is 19.2 Å². The van der Waals surface area contributed by atoms with Gasteiger partial charge in [0.15, 0.2) is 14.6 Å². The van der Waals surface area contributed by atoms with Crippen LogP contribution in [0.15, 0.2) is 24.3 Å². The molecule has 4 rings (SSSR count). The highest BCUT2D eigenvalue weighted by Crippen LogP contribution is 2.27. The van der Waals surface area contributed by atoms with Crippen molar-refractivity contribution in [1.29, 1.82) is 0 Å². The summed E-state index contributed by atoms with van der Waals surface area (Å²) in [5, 5.41) is 4.72. The molecule has 164 valence electrons. The molecule has 2 aromatic rings. The molecule has 0 amide bonds. The van der Waals surface area contributed by atoms with Crippen molar-refractivity contribution in [3.05, 3.63) is 34.9 Å². The Kier molecular flexibility index (Phi) is 6.17. The molecule has 1 aromatic carbocycles. The third-order valence-corrected chi connectivity index (χ3v) is 8.28. The molecule has 0 aliphatic carbocycles. The maximum absolute atomic E-state index is 11.9. The van der Waals surface area contributed by atoms with Gasteiger partial charge in [-0.1, -0.05) is 0 Å². The first-order valence-electron chi connectivity index (χ1n) is 10.3. The first-order chi connectivity index (χ1) is 14.4. The molecule has 2 aliphatic heterocycles. The summed E-state index contributed by atoms with van der Waals surface area (Å²) in [6.07, 6.45) is 1.68. The van der Waals surface area contributed by atoms with Gasteiger partial charge in [0, 0.05) is 44.8 Å². The molecular formula is C20H29N5O3S2. The minimum Gasteiger partial charge on any atom is -0.497 e. The standard InChI is InChI=1S/C20H29N5O3S2/c1-22-19(16-8-13-30(26,27)14-16)21-25(20(22)29)15-23-9-3-10-24(12-11-23)17-4-6-18(28-2)7-5-17/h4-7,16H,3,8-15H2,1-2H3.